The normalized spacial score (nSPS) is 12.1. The van der Waals surface area contributed by atoms with Gasteiger partial charge in [-0.1, -0.05) is 6.07 Å². The number of nitrogens with one attached hydrogen (secondary N) is 3. The number of hydrogen-bond acceptors (Lipinski definition) is 4. The minimum absolute atomic E-state index is 0.0457. The van der Waals surface area contributed by atoms with Gasteiger partial charge in [0.1, 0.15) is 6.04 Å². The average Bonchev–Trinajstić information content (AvgIpc) is 2.95. The first kappa shape index (κ1) is 18.7. The van der Waals surface area contributed by atoms with Gasteiger partial charge in [-0.3, -0.25) is 14.3 Å². The van der Waals surface area contributed by atoms with Crippen LogP contribution in [0.15, 0.2) is 30.6 Å². The van der Waals surface area contributed by atoms with Crippen LogP contribution in [0.5, 0.6) is 0 Å². The van der Waals surface area contributed by atoms with E-state index in [4.69, 9.17) is 0 Å². The molecule has 2 amide bonds. The Morgan fingerprint density at radius 2 is 1.96 bits per heavy atom. The van der Waals surface area contributed by atoms with Gasteiger partial charge >= 0.3 is 0 Å². The summed E-state index contributed by atoms with van der Waals surface area (Å²) < 4.78 is 1.65. The Morgan fingerprint density at radius 3 is 2.52 bits per heavy atom. The third kappa shape index (κ3) is 4.67. The zero-order valence-corrected chi connectivity index (χ0v) is 15.3. The molecule has 0 aliphatic rings. The Labute approximate surface area is 147 Å². The first-order valence-electron chi connectivity index (χ1n) is 8.20. The van der Waals surface area contributed by atoms with Crippen LogP contribution in [0.1, 0.15) is 41.4 Å². The molecule has 1 unspecified atom stereocenters. The minimum Gasteiger partial charge on any atom is -0.350 e. The highest BCUT2D eigenvalue weighted by Crippen LogP contribution is 2.19. The van der Waals surface area contributed by atoms with E-state index in [0.717, 1.165) is 11.1 Å². The molecule has 134 valence electrons. The Kier molecular flexibility index (Phi) is 5.93. The summed E-state index contributed by atoms with van der Waals surface area (Å²) in [5, 5.41) is 12.8. The largest absolute Gasteiger partial charge is 0.350 e. The predicted octanol–water partition coefficient (Wildman–Crippen LogP) is 1.77. The zero-order valence-electron chi connectivity index (χ0n) is 15.3. The van der Waals surface area contributed by atoms with Crippen LogP contribution >= 0.6 is 0 Å². The first-order chi connectivity index (χ1) is 11.8. The smallest absolute Gasteiger partial charge is 0.251 e. The van der Waals surface area contributed by atoms with Gasteiger partial charge in [0.15, 0.2) is 0 Å². The second-order valence-electron chi connectivity index (χ2n) is 6.32. The van der Waals surface area contributed by atoms with Crippen molar-refractivity contribution in [2.45, 2.75) is 32.9 Å². The van der Waals surface area contributed by atoms with Gasteiger partial charge in [0.2, 0.25) is 5.91 Å². The number of amides is 2. The topological polar surface area (TPSA) is 88.1 Å². The van der Waals surface area contributed by atoms with Gasteiger partial charge in [-0.05, 0) is 45.5 Å². The molecule has 1 aromatic heterocycles. The van der Waals surface area contributed by atoms with Gasteiger partial charge in [-0.2, -0.15) is 5.10 Å². The van der Waals surface area contributed by atoms with E-state index in [0.29, 0.717) is 11.3 Å². The molecule has 3 N–H and O–H groups in total. The van der Waals surface area contributed by atoms with Crippen molar-refractivity contribution in [3.05, 3.63) is 47.3 Å². The van der Waals surface area contributed by atoms with E-state index in [9.17, 15) is 9.59 Å². The molecule has 7 nitrogen and oxygen atoms in total. The molecule has 25 heavy (non-hydrogen) atoms. The van der Waals surface area contributed by atoms with Gasteiger partial charge < -0.3 is 16.0 Å². The predicted molar refractivity (Wildman–Crippen MR) is 97.4 cm³/mol. The van der Waals surface area contributed by atoms with Crippen molar-refractivity contribution in [3.63, 3.8) is 0 Å². The third-order valence-electron chi connectivity index (χ3n) is 3.78. The Hall–Kier alpha value is -2.67. The molecule has 1 aromatic carbocycles. The molecular weight excluding hydrogens is 318 g/mol. The highest BCUT2D eigenvalue weighted by Gasteiger charge is 2.21. The summed E-state index contributed by atoms with van der Waals surface area (Å²) in [5.41, 5.74) is 2.75. The number of benzene rings is 1. The molecule has 0 radical (unpaired) electrons. The number of likely N-dealkylation sites (N-methyl/N-ethyl adjacent to an activating group) is 1. The van der Waals surface area contributed by atoms with Crippen LogP contribution in [-0.4, -0.2) is 34.7 Å². The molecule has 2 rings (SSSR count). The molecule has 7 heteroatoms. The average molecular weight is 343 g/mol. The van der Waals surface area contributed by atoms with Gasteiger partial charge in [-0.15, -0.1) is 0 Å². The van der Waals surface area contributed by atoms with Crippen molar-refractivity contribution < 1.29 is 9.59 Å². The number of hydrogen-bond donors (Lipinski definition) is 3. The maximum Gasteiger partial charge on any atom is 0.251 e. The molecule has 0 saturated carbocycles. The molecule has 0 aliphatic heterocycles. The summed E-state index contributed by atoms with van der Waals surface area (Å²) in [7, 11) is 3.52. The number of aryl methyl sites for hydroxylation is 2. The van der Waals surface area contributed by atoms with Crippen molar-refractivity contribution in [3.8, 4) is 0 Å². The minimum atomic E-state index is -0.525. The van der Waals surface area contributed by atoms with Crippen molar-refractivity contribution in [1.82, 2.24) is 20.4 Å². The van der Waals surface area contributed by atoms with Crippen LogP contribution < -0.4 is 16.0 Å². The molecule has 0 spiro atoms. The lowest BCUT2D eigenvalue weighted by Crippen LogP contribution is -2.31. The molecule has 1 atom stereocenters. The molecule has 0 saturated heterocycles. The summed E-state index contributed by atoms with van der Waals surface area (Å²) in [6.45, 7) is 5.68. The van der Waals surface area contributed by atoms with Crippen LogP contribution in [-0.2, 0) is 11.8 Å². The van der Waals surface area contributed by atoms with Gasteiger partial charge in [0.05, 0.1) is 6.20 Å². The monoisotopic (exact) mass is 343 g/mol. The van der Waals surface area contributed by atoms with E-state index in [1.807, 2.05) is 26.8 Å². The van der Waals surface area contributed by atoms with E-state index in [2.05, 4.69) is 21.0 Å². The van der Waals surface area contributed by atoms with Crippen LogP contribution in [0, 0.1) is 6.92 Å². The fourth-order valence-corrected chi connectivity index (χ4v) is 2.54. The maximum absolute atomic E-state index is 12.6. The lowest BCUT2D eigenvalue weighted by molar-refractivity contribution is -0.118. The summed E-state index contributed by atoms with van der Waals surface area (Å²) in [5.74, 6) is -0.365. The van der Waals surface area contributed by atoms with Crippen LogP contribution in [0.25, 0.3) is 0 Å². The van der Waals surface area contributed by atoms with Crippen molar-refractivity contribution in [1.29, 1.82) is 0 Å². The van der Waals surface area contributed by atoms with E-state index in [-0.39, 0.29) is 17.9 Å². The fraction of sp³-hybridized carbons (Fsp3) is 0.389. The SMILES string of the molecule is CNC(C(=O)Nc1ccc(C)c(C(=O)NC(C)C)c1)c1cnn(C)c1. The van der Waals surface area contributed by atoms with Crippen LogP contribution in [0.4, 0.5) is 5.69 Å². The number of carbonyl (C=O) groups is 2. The maximum atomic E-state index is 12.6. The standard InChI is InChI=1S/C18H25N5O2/c1-11(2)21-17(24)15-8-14(7-6-12(15)3)22-18(25)16(19-4)13-9-20-23(5)10-13/h6-11,16,19H,1-5H3,(H,21,24)(H,22,25). The first-order valence-corrected chi connectivity index (χ1v) is 8.20. The molecule has 0 fully saturated rings. The second-order valence-corrected chi connectivity index (χ2v) is 6.32. The summed E-state index contributed by atoms with van der Waals surface area (Å²) >= 11 is 0. The van der Waals surface area contributed by atoms with Crippen molar-refractivity contribution >= 4 is 17.5 Å². The molecular formula is C18H25N5O2. The lowest BCUT2D eigenvalue weighted by atomic mass is 10.1. The summed E-state index contributed by atoms with van der Waals surface area (Å²) in [6, 6.07) is 4.83. The van der Waals surface area contributed by atoms with E-state index in [1.54, 1.807) is 43.3 Å². The molecule has 0 bridgehead atoms. The van der Waals surface area contributed by atoms with Crippen molar-refractivity contribution in [2.75, 3.05) is 12.4 Å². The zero-order chi connectivity index (χ0) is 18.6. The van der Waals surface area contributed by atoms with Crippen LogP contribution in [0.3, 0.4) is 0 Å². The number of anilines is 1. The Morgan fingerprint density at radius 1 is 1.24 bits per heavy atom. The number of carbonyl (C=O) groups excluding carboxylic acids is 2. The second kappa shape index (κ2) is 7.94. The molecule has 2 aromatic rings. The Bertz CT molecular complexity index is 767. The number of rotatable bonds is 6. The molecule has 0 aliphatic carbocycles. The van der Waals surface area contributed by atoms with E-state index in [1.165, 1.54) is 0 Å². The van der Waals surface area contributed by atoms with E-state index < -0.39 is 6.04 Å². The van der Waals surface area contributed by atoms with Crippen LogP contribution in [0.2, 0.25) is 0 Å². The van der Waals surface area contributed by atoms with Gasteiger partial charge in [0, 0.05) is 36.1 Å². The number of aromatic nitrogens is 2. The Balaban J connectivity index is 2.19. The fourth-order valence-electron chi connectivity index (χ4n) is 2.54. The highest BCUT2D eigenvalue weighted by atomic mass is 16.2. The summed E-state index contributed by atoms with van der Waals surface area (Å²) in [6.07, 6.45) is 3.44. The highest BCUT2D eigenvalue weighted by molar-refractivity contribution is 5.99. The quantitative estimate of drug-likeness (QED) is 0.746. The number of nitrogens with zero attached hydrogens (tertiary/aromatic N) is 2. The third-order valence-corrected chi connectivity index (χ3v) is 3.78. The summed E-state index contributed by atoms with van der Waals surface area (Å²) in [4.78, 5) is 24.9. The van der Waals surface area contributed by atoms with Gasteiger partial charge in [-0.25, -0.2) is 0 Å². The van der Waals surface area contributed by atoms with Gasteiger partial charge in [0.25, 0.3) is 5.91 Å². The van der Waals surface area contributed by atoms with E-state index >= 15 is 0 Å². The molecule has 1 heterocycles. The van der Waals surface area contributed by atoms with Crippen molar-refractivity contribution in [2.24, 2.45) is 7.05 Å². The lowest BCUT2D eigenvalue weighted by Gasteiger charge is -2.16.